The summed E-state index contributed by atoms with van der Waals surface area (Å²) in [6.07, 6.45) is 0. The maximum absolute atomic E-state index is 13.3. The highest BCUT2D eigenvalue weighted by Gasteiger charge is 2.07. The molecule has 0 unspecified atom stereocenters. The van der Waals surface area contributed by atoms with E-state index >= 15 is 0 Å². The van der Waals surface area contributed by atoms with Gasteiger partial charge in [-0.25, -0.2) is 4.39 Å². The summed E-state index contributed by atoms with van der Waals surface area (Å²) in [7, 11) is 0. The zero-order valence-corrected chi connectivity index (χ0v) is 9.57. The summed E-state index contributed by atoms with van der Waals surface area (Å²) >= 11 is 0. The average molecular weight is 235 g/mol. The number of benzene rings is 3. The van der Waals surface area contributed by atoms with Crippen LogP contribution in [0.15, 0.2) is 54.6 Å². The Hall–Kier alpha value is -2.35. The molecule has 0 fully saturated rings. The van der Waals surface area contributed by atoms with Crippen molar-refractivity contribution in [1.29, 1.82) is 0 Å². The van der Waals surface area contributed by atoms with Gasteiger partial charge in [0.15, 0.2) is 0 Å². The van der Waals surface area contributed by atoms with Gasteiger partial charge in [-0.2, -0.15) is 0 Å². The van der Waals surface area contributed by atoms with Crippen LogP contribution in [0.2, 0.25) is 0 Å². The Morgan fingerprint density at radius 1 is 0.778 bits per heavy atom. The van der Waals surface area contributed by atoms with Gasteiger partial charge in [-0.05, 0) is 23.6 Å². The first-order chi connectivity index (χ1) is 8.83. The number of hydrogen-bond acceptors (Lipinski definition) is 0. The second kappa shape index (κ2) is 3.33. The SMILES string of the molecule is Fc1ccc2c(c1)[nH]c1c3ccccc3ccc21. The zero-order chi connectivity index (χ0) is 12.1. The Morgan fingerprint density at radius 3 is 2.56 bits per heavy atom. The van der Waals surface area contributed by atoms with E-state index < -0.39 is 0 Å². The first-order valence-electron chi connectivity index (χ1n) is 5.92. The van der Waals surface area contributed by atoms with Gasteiger partial charge in [0.2, 0.25) is 0 Å². The van der Waals surface area contributed by atoms with Crippen molar-refractivity contribution in [3.8, 4) is 0 Å². The molecule has 0 aliphatic carbocycles. The lowest BCUT2D eigenvalue weighted by atomic mass is 10.1. The van der Waals surface area contributed by atoms with Gasteiger partial charge in [-0.1, -0.05) is 36.4 Å². The Labute approximate surface area is 103 Å². The molecule has 18 heavy (non-hydrogen) atoms. The van der Waals surface area contributed by atoms with Gasteiger partial charge >= 0.3 is 0 Å². The summed E-state index contributed by atoms with van der Waals surface area (Å²) in [5, 5.41) is 4.57. The normalized spacial score (nSPS) is 11.6. The van der Waals surface area contributed by atoms with Crippen LogP contribution in [0.25, 0.3) is 32.6 Å². The first-order valence-corrected chi connectivity index (χ1v) is 5.92. The minimum atomic E-state index is -0.210. The maximum atomic E-state index is 13.3. The van der Waals surface area contributed by atoms with Gasteiger partial charge in [-0.3, -0.25) is 0 Å². The van der Waals surface area contributed by atoms with Crippen molar-refractivity contribution in [3.05, 3.63) is 60.4 Å². The molecule has 2 heteroatoms. The van der Waals surface area contributed by atoms with Crippen molar-refractivity contribution < 1.29 is 4.39 Å². The van der Waals surface area contributed by atoms with Crippen molar-refractivity contribution >= 4 is 32.6 Å². The standard InChI is InChI=1S/C16H10FN/c17-11-6-8-13-14-7-5-10-3-1-2-4-12(10)16(14)18-15(13)9-11/h1-9,18H. The van der Waals surface area contributed by atoms with Crippen LogP contribution >= 0.6 is 0 Å². The van der Waals surface area contributed by atoms with Gasteiger partial charge in [0.1, 0.15) is 5.82 Å². The lowest BCUT2D eigenvalue weighted by molar-refractivity contribution is 0.629. The van der Waals surface area contributed by atoms with Crippen LogP contribution in [-0.2, 0) is 0 Å². The molecule has 1 N–H and O–H groups in total. The molecule has 0 radical (unpaired) electrons. The second-order valence-corrected chi connectivity index (χ2v) is 4.52. The molecule has 0 bridgehead atoms. The minimum absolute atomic E-state index is 0.210. The van der Waals surface area contributed by atoms with E-state index in [0.717, 1.165) is 21.8 Å². The lowest BCUT2D eigenvalue weighted by Crippen LogP contribution is -1.74. The fourth-order valence-electron chi connectivity index (χ4n) is 2.62. The van der Waals surface area contributed by atoms with Gasteiger partial charge in [0, 0.05) is 21.7 Å². The highest BCUT2D eigenvalue weighted by Crippen LogP contribution is 2.31. The van der Waals surface area contributed by atoms with Crippen LogP contribution < -0.4 is 0 Å². The predicted molar refractivity (Wildman–Crippen MR) is 73.3 cm³/mol. The van der Waals surface area contributed by atoms with Gasteiger partial charge in [0.25, 0.3) is 0 Å². The summed E-state index contributed by atoms with van der Waals surface area (Å²) in [4.78, 5) is 3.32. The number of H-pyrrole nitrogens is 1. The van der Waals surface area contributed by atoms with E-state index in [0.29, 0.717) is 0 Å². The molecule has 0 atom stereocenters. The third kappa shape index (κ3) is 1.20. The maximum Gasteiger partial charge on any atom is 0.125 e. The number of fused-ring (bicyclic) bond motifs is 5. The van der Waals surface area contributed by atoms with Crippen LogP contribution in [0, 0.1) is 5.82 Å². The molecule has 1 aromatic heterocycles. The van der Waals surface area contributed by atoms with E-state index in [-0.39, 0.29) is 5.82 Å². The highest BCUT2D eigenvalue weighted by molar-refractivity contribution is 6.16. The van der Waals surface area contributed by atoms with Crippen LogP contribution in [0.4, 0.5) is 4.39 Å². The quantitative estimate of drug-likeness (QED) is 0.458. The molecular formula is C16H10FN. The Kier molecular flexibility index (Phi) is 1.78. The lowest BCUT2D eigenvalue weighted by Gasteiger charge is -1.98. The molecule has 86 valence electrons. The topological polar surface area (TPSA) is 15.8 Å². The predicted octanol–water partition coefficient (Wildman–Crippen LogP) is 4.61. The molecule has 1 nitrogen and oxygen atoms in total. The smallest absolute Gasteiger partial charge is 0.125 e. The summed E-state index contributed by atoms with van der Waals surface area (Å²) < 4.78 is 13.3. The van der Waals surface area contributed by atoms with Crippen molar-refractivity contribution in [3.63, 3.8) is 0 Å². The fourth-order valence-corrected chi connectivity index (χ4v) is 2.62. The molecule has 4 aromatic rings. The van der Waals surface area contributed by atoms with Gasteiger partial charge in [0.05, 0.1) is 5.52 Å². The number of nitrogens with one attached hydrogen (secondary N) is 1. The van der Waals surface area contributed by atoms with Crippen molar-refractivity contribution in [2.75, 3.05) is 0 Å². The number of hydrogen-bond donors (Lipinski definition) is 1. The molecule has 1 heterocycles. The molecule has 0 spiro atoms. The van der Waals surface area contributed by atoms with E-state index in [1.807, 2.05) is 18.2 Å². The van der Waals surface area contributed by atoms with Gasteiger partial charge in [-0.15, -0.1) is 0 Å². The molecular weight excluding hydrogens is 225 g/mol. The molecule has 0 aliphatic rings. The van der Waals surface area contributed by atoms with Crippen LogP contribution in [0.5, 0.6) is 0 Å². The molecule has 4 rings (SSSR count). The van der Waals surface area contributed by atoms with Crippen LogP contribution in [-0.4, -0.2) is 4.98 Å². The summed E-state index contributed by atoms with van der Waals surface area (Å²) in [5.74, 6) is -0.210. The zero-order valence-electron chi connectivity index (χ0n) is 9.57. The number of halogens is 1. The Bertz CT molecular complexity index is 889. The van der Waals surface area contributed by atoms with E-state index in [9.17, 15) is 4.39 Å². The average Bonchev–Trinajstić information content (AvgIpc) is 2.76. The van der Waals surface area contributed by atoms with Gasteiger partial charge < -0.3 is 4.98 Å². The molecule has 0 saturated carbocycles. The molecule has 0 amide bonds. The number of aromatic amines is 1. The first kappa shape index (κ1) is 9.66. The van der Waals surface area contributed by atoms with Crippen LogP contribution in [0.1, 0.15) is 0 Å². The van der Waals surface area contributed by atoms with E-state index in [4.69, 9.17) is 0 Å². The third-order valence-corrected chi connectivity index (χ3v) is 3.46. The molecule has 0 aliphatic heterocycles. The highest BCUT2D eigenvalue weighted by atomic mass is 19.1. The summed E-state index contributed by atoms with van der Waals surface area (Å²) in [5.41, 5.74) is 1.93. The monoisotopic (exact) mass is 235 g/mol. The van der Waals surface area contributed by atoms with Crippen molar-refractivity contribution in [2.24, 2.45) is 0 Å². The number of rotatable bonds is 0. The third-order valence-electron chi connectivity index (χ3n) is 3.46. The molecule has 3 aromatic carbocycles. The van der Waals surface area contributed by atoms with Crippen LogP contribution in [0.3, 0.4) is 0 Å². The fraction of sp³-hybridized carbons (Fsp3) is 0. The Balaban J connectivity index is 2.29. The molecule has 0 saturated heterocycles. The van der Waals surface area contributed by atoms with Crippen molar-refractivity contribution in [1.82, 2.24) is 4.98 Å². The van der Waals surface area contributed by atoms with E-state index in [1.54, 1.807) is 6.07 Å². The van der Waals surface area contributed by atoms with E-state index in [2.05, 4.69) is 29.2 Å². The largest absolute Gasteiger partial charge is 0.354 e. The van der Waals surface area contributed by atoms with Crippen molar-refractivity contribution in [2.45, 2.75) is 0 Å². The minimum Gasteiger partial charge on any atom is -0.354 e. The summed E-state index contributed by atoms with van der Waals surface area (Å²) in [6, 6.07) is 17.3. The summed E-state index contributed by atoms with van der Waals surface area (Å²) in [6.45, 7) is 0. The number of aromatic nitrogens is 1. The second-order valence-electron chi connectivity index (χ2n) is 4.52. The van der Waals surface area contributed by atoms with E-state index in [1.165, 1.54) is 16.8 Å². The Morgan fingerprint density at radius 2 is 1.61 bits per heavy atom.